The molecular weight excluding hydrogens is 102 g/mol. The molecule has 0 spiro atoms. The lowest BCUT2D eigenvalue weighted by Gasteiger charge is -1.95. The van der Waals surface area contributed by atoms with Gasteiger partial charge in [0.2, 0.25) is 0 Å². The fourth-order valence-corrected chi connectivity index (χ4v) is 0.252. The lowest BCUT2D eigenvalue weighted by Crippen LogP contribution is -2.25. The largest absolute Gasteiger partial charge is 0.318 e. The summed E-state index contributed by atoms with van der Waals surface area (Å²) in [4.78, 5) is 10.4. The smallest absolute Gasteiger partial charge is 0.175 e. The molecule has 0 aromatic rings. The first-order valence-electron chi connectivity index (χ1n) is 2.26. The maximum absolute atomic E-state index is 10.4. The van der Waals surface area contributed by atoms with Gasteiger partial charge in [-0.3, -0.25) is 4.79 Å². The molecule has 1 unspecified atom stereocenters. The highest BCUT2D eigenvalue weighted by Crippen LogP contribution is 1.81. The van der Waals surface area contributed by atoms with E-state index in [2.05, 4.69) is 13.2 Å². The molecular formula is C6H9NO. The molecule has 2 heteroatoms. The van der Waals surface area contributed by atoms with Gasteiger partial charge in [-0.25, -0.2) is 0 Å². The first kappa shape index (κ1) is 7.11. The zero-order valence-electron chi connectivity index (χ0n) is 4.63. The van der Waals surface area contributed by atoms with Crippen LogP contribution in [0.25, 0.3) is 0 Å². The topological polar surface area (TPSA) is 43.1 Å². The molecule has 0 radical (unpaired) electrons. The maximum Gasteiger partial charge on any atom is 0.175 e. The van der Waals surface area contributed by atoms with Crippen LogP contribution in [-0.2, 0) is 4.79 Å². The van der Waals surface area contributed by atoms with Crippen LogP contribution in [0.15, 0.2) is 25.3 Å². The van der Waals surface area contributed by atoms with E-state index < -0.39 is 6.04 Å². The van der Waals surface area contributed by atoms with Gasteiger partial charge in [0.25, 0.3) is 0 Å². The van der Waals surface area contributed by atoms with Crippen molar-refractivity contribution in [3.8, 4) is 0 Å². The summed E-state index contributed by atoms with van der Waals surface area (Å²) < 4.78 is 0. The molecule has 2 N–H and O–H groups in total. The predicted molar refractivity (Wildman–Crippen MR) is 33.4 cm³/mol. The molecule has 0 aliphatic carbocycles. The minimum atomic E-state index is -0.576. The van der Waals surface area contributed by atoms with Gasteiger partial charge < -0.3 is 5.73 Å². The summed E-state index contributed by atoms with van der Waals surface area (Å²) in [7, 11) is 0. The first-order valence-corrected chi connectivity index (χ1v) is 2.26. The second-order valence-corrected chi connectivity index (χ2v) is 1.37. The molecule has 2 nitrogen and oxygen atoms in total. The average Bonchev–Trinajstić information content (AvgIpc) is 1.84. The molecule has 0 aliphatic rings. The molecule has 0 fully saturated rings. The molecule has 0 rings (SSSR count). The van der Waals surface area contributed by atoms with Gasteiger partial charge in [0.1, 0.15) is 0 Å². The van der Waals surface area contributed by atoms with Crippen LogP contribution < -0.4 is 5.73 Å². The van der Waals surface area contributed by atoms with Crippen molar-refractivity contribution in [2.75, 3.05) is 0 Å². The summed E-state index contributed by atoms with van der Waals surface area (Å²) in [5, 5.41) is 0. The van der Waals surface area contributed by atoms with E-state index in [1.54, 1.807) is 0 Å². The molecule has 0 amide bonds. The van der Waals surface area contributed by atoms with Crippen molar-refractivity contribution in [1.29, 1.82) is 0 Å². The molecule has 0 heterocycles. The monoisotopic (exact) mass is 111 g/mol. The number of hydrogen-bond acceptors (Lipinski definition) is 2. The Morgan fingerprint density at radius 3 is 2.25 bits per heavy atom. The summed E-state index contributed by atoms with van der Waals surface area (Å²) in [6.45, 7) is 6.59. The third-order valence-corrected chi connectivity index (χ3v) is 0.784. The van der Waals surface area contributed by atoms with Crippen molar-refractivity contribution in [3.63, 3.8) is 0 Å². The standard InChI is InChI=1S/C6H9NO/c1-3-5(7)6(8)4-2/h3-5H,1-2,7H2. The molecule has 0 aliphatic heterocycles. The Morgan fingerprint density at radius 1 is 1.62 bits per heavy atom. The zero-order valence-corrected chi connectivity index (χ0v) is 4.63. The fourth-order valence-electron chi connectivity index (χ4n) is 0.252. The number of carbonyl (C=O) groups is 1. The van der Waals surface area contributed by atoms with Crippen molar-refractivity contribution in [3.05, 3.63) is 25.3 Å². The Kier molecular flexibility index (Phi) is 2.80. The Labute approximate surface area is 48.7 Å². The van der Waals surface area contributed by atoms with Gasteiger partial charge in [-0.15, -0.1) is 6.58 Å². The molecule has 0 saturated carbocycles. The third-order valence-electron chi connectivity index (χ3n) is 0.784. The summed E-state index contributed by atoms with van der Waals surface area (Å²) in [6, 6.07) is -0.576. The second-order valence-electron chi connectivity index (χ2n) is 1.37. The molecule has 0 saturated heterocycles. The lowest BCUT2D eigenvalue weighted by molar-refractivity contribution is -0.114. The minimum absolute atomic E-state index is 0.194. The van der Waals surface area contributed by atoms with Gasteiger partial charge in [0.15, 0.2) is 5.78 Å². The van der Waals surface area contributed by atoms with Crippen LogP contribution in [0.5, 0.6) is 0 Å². The van der Waals surface area contributed by atoms with Gasteiger partial charge in [0.05, 0.1) is 6.04 Å². The highest BCUT2D eigenvalue weighted by Gasteiger charge is 2.01. The van der Waals surface area contributed by atoms with Gasteiger partial charge in [-0.1, -0.05) is 12.7 Å². The van der Waals surface area contributed by atoms with Crippen LogP contribution in [0.3, 0.4) is 0 Å². The zero-order chi connectivity index (χ0) is 6.57. The van der Waals surface area contributed by atoms with Gasteiger partial charge in [0, 0.05) is 0 Å². The normalized spacial score (nSPS) is 12.1. The first-order chi connectivity index (χ1) is 3.72. The Bertz CT molecular complexity index is 118. The molecule has 1 atom stereocenters. The van der Waals surface area contributed by atoms with E-state index in [-0.39, 0.29) is 5.78 Å². The number of ketones is 1. The molecule has 8 heavy (non-hydrogen) atoms. The molecule has 44 valence electrons. The van der Waals surface area contributed by atoms with Crippen LogP contribution in [-0.4, -0.2) is 11.8 Å². The lowest BCUT2D eigenvalue weighted by atomic mass is 10.2. The van der Waals surface area contributed by atoms with E-state index in [0.29, 0.717) is 0 Å². The van der Waals surface area contributed by atoms with Crippen LogP contribution in [0.1, 0.15) is 0 Å². The predicted octanol–water partition coefficient (Wildman–Crippen LogP) is 0.255. The van der Waals surface area contributed by atoms with Crippen LogP contribution in [0.2, 0.25) is 0 Å². The molecule has 0 bridgehead atoms. The van der Waals surface area contributed by atoms with E-state index in [9.17, 15) is 4.79 Å². The Morgan fingerprint density at radius 2 is 2.12 bits per heavy atom. The van der Waals surface area contributed by atoms with Crippen molar-refractivity contribution in [2.24, 2.45) is 5.73 Å². The summed E-state index contributed by atoms with van der Waals surface area (Å²) in [5.74, 6) is -0.194. The van der Waals surface area contributed by atoms with Gasteiger partial charge in [-0.2, -0.15) is 0 Å². The van der Waals surface area contributed by atoms with Gasteiger partial charge >= 0.3 is 0 Å². The van der Waals surface area contributed by atoms with E-state index >= 15 is 0 Å². The van der Waals surface area contributed by atoms with Crippen LogP contribution in [0, 0.1) is 0 Å². The summed E-state index contributed by atoms with van der Waals surface area (Å²) in [6.07, 6.45) is 2.57. The maximum atomic E-state index is 10.4. The second kappa shape index (κ2) is 3.16. The van der Waals surface area contributed by atoms with Gasteiger partial charge in [-0.05, 0) is 6.08 Å². The van der Waals surface area contributed by atoms with Crippen LogP contribution >= 0.6 is 0 Å². The third kappa shape index (κ3) is 1.71. The van der Waals surface area contributed by atoms with E-state index in [1.165, 1.54) is 12.2 Å². The summed E-state index contributed by atoms with van der Waals surface area (Å²) in [5.41, 5.74) is 5.19. The Balaban J connectivity index is 3.80. The summed E-state index contributed by atoms with van der Waals surface area (Å²) >= 11 is 0. The number of rotatable bonds is 3. The SMILES string of the molecule is C=CC(=O)C(N)C=C. The van der Waals surface area contributed by atoms with Crippen molar-refractivity contribution < 1.29 is 4.79 Å². The number of nitrogens with two attached hydrogens (primary N) is 1. The number of carbonyl (C=O) groups excluding carboxylic acids is 1. The Hall–Kier alpha value is -0.890. The van der Waals surface area contributed by atoms with Crippen LogP contribution in [0.4, 0.5) is 0 Å². The average molecular weight is 111 g/mol. The highest BCUT2D eigenvalue weighted by atomic mass is 16.1. The highest BCUT2D eigenvalue weighted by molar-refractivity contribution is 5.94. The van der Waals surface area contributed by atoms with Crippen molar-refractivity contribution in [1.82, 2.24) is 0 Å². The van der Waals surface area contributed by atoms with E-state index in [1.807, 2.05) is 0 Å². The quantitative estimate of drug-likeness (QED) is 0.419. The van der Waals surface area contributed by atoms with Crippen molar-refractivity contribution >= 4 is 5.78 Å². The number of hydrogen-bond donors (Lipinski definition) is 1. The van der Waals surface area contributed by atoms with Crippen molar-refractivity contribution in [2.45, 2.75) is 6.04 Å². The van der Waals surface area contributed by atoms with E-state index in [0.717, 1.165) is 0 Å². The molecule has 0 aromatic heterocycles. The fraction of sp³-hybridized carbons (Fsp3) is 0.167. The molecule has 0 aromatic carbocycles. The van der Waals surface area contributed by atoms with E-state index in [4.69, 9.17) is 5.73 Å². The minimum Gasteiger partial charge on any atom is -0.318 e.